The molecule has 0 radical (unpaired) electrons. The second kappa shape index (κ2) is 4.25. The van der Waals surface area contributed by atoms with Gasteiger partial charge in [-0.2, -0.15) is 4.31 Å². The zero-order valence-corrected chi connectivity index (χ0v) is 10.7. The Bertz CT molecular complexity index is 347. The van der Waals surface area contributed by atoms with E-state index < -0.39 is 14.8 Å². The summed E-state index contributed by atoms with van der Waals surface area (Å²) in [6.07, 6.45) is 1.52. The summed E-state index contributed by atoms with van der Waals surface area (Å²) in [5.74, 6) is 0. The summed E-state index contributed by atoms with van der Waals surface area (Å²) < 4.78 is 31.2. The zero-order chi connectivity index (χ0) is 11.8. The van der Waals surface area contributed by atoms with Crippen LogP contribution < -0.4 is 5.32 Å². The number of hydrogen-bond donors (Lipinski definition) is 1. The highest BCUT2D eigenvalue weighted by Gasteiger charge is 2.44. The summed E-state index contributed by atoms with van der Waals surface area (Å²) in [6.45, 7) is 5.91. The quantitative estimate of drug-likeness (QED) is 0.717. The molecular formula is C10H20N2O3S. The van der Waals surface area contributed by atoms with Gasteiger partial charge < -0.3 is 10.1 Å². The molecule has 2 rings (SSSR count). The molecule has 94 valence electrons. The van der Waals surface area contributed by atoms with Gasteiger partial charge in [-0.25, -0.2) is 8.42 Å². The van der Waals surface area contributed by atoms with E-state index >= 15 is 0 Å². The summed E-state index contributed by atoms with van der Waals surface area (Å²) in [5, 5.41) is 3.17. The van der Waals surface area contributed by atoms with Gasteiger partial charge in [0.25, 0.3) is 0 Å². The normalized spacial score (nSPS) is 34.8. The van der Waals surface area contributed by atoms with Gasteiger partial charge in [0, 0.05) is 26.2 Å². The van der Waals surface area contributed by atoms with Crippen molar-refractivity contribution in [3.05, 3.63) is 0 Å². The highest BCUT2D eigenvalue weighted by atomic mass is 32.2. The molecule has 2 aliphatic rings. The summed E-state index contributed by atoms with van der Waals surface area (Å²) in [4.78, 5) is 0. The van der Waals surface area contributed by atoms with E-state index in [1.807, 2.05) is 0 Å². The van der Waals surface area contributed by atoms with E-state index in [0.29, 0.717) is 26.2 Å². The first-order chi connectivity index (χ1) is 7.45. The molecule has 1 N–H and O–H groups in total. The smallest absolute Gasteiger partial charge is 0.222 e. The largest absolute Gasteiger partial charge is 0.362 e. The van der Waals surface area contributed by atoms with E-state index in [1.54, 1.807) is 18.2 Å². The van der Waals surface area contributed by atoms with Crippen LogP contribution >= 0.6 is 0 Å². The monoisotopic (exact) mass is 248 g/mol. The van der Waals surface area contributed by atoms with Gasteiger partial charge in [-0.05, 0) is 26.7 Å². The van der Waals surface area contributed by atoms with Crippen LogP contribution in [0.5, 0.6) is 0 Å². The fraction of sp³-hybridized carbons (Fsp3) is 1.00. The molecule has 1 atom stereocenters. The van der Waals surface area contributed by atoms with Crippen LogP contribution in [0.3, 0.4) is 0 Å². The Balaban J connectivity index is 2.28. The Hall–Kier alpha value is -0.170. The van der Waals surface area contributed by atoms with Crippen molar-refractivity contribution in [3.8, 4) is 0 Å². The summed E-state index contributed by atoms with van der Waals surface area (Å²) in [6, 6.07) is 0. The van der Waals surface area contributed by atoms with Crippen molar-refractivity contribution in [1.82, 2.24) is 9.62 Å². The fourth-order valence-electron chi connectivity index (χ4n) is 2.19. The molecule has 0 saturated carbocycles. The van der Waals surface area contributed by atoms with Crippen LogP contribution in [0.1, 0.15) is 26.7 Å². The highest BCUT2D eigenvalue weighted by molar-refractivity contribution is 7.90. The molecule has 0 bridgehead atoms. The maximum Gasteiger partial charge on any atom is 0.222 e. The topological polar surface area (TPSA) is 58.6 Å². The molecule has 6 heteroatoms. The predicted octanol–water partition coefficient (Wildman–Crippen LogP) is 0.137. The van der Waals surface area contributed by atoms with Gasteiger partial charge in [0.05, 0.1) is 4.75 Å². The Labute approximate surface area is 97.2 Å². The van der Waals surface area contributed by atoms with Crippen LogP contribution in [-0.4, -0.2) is 49.9 Å². The minimum atomic E-state index is -3.28. The lowest BCUT2D eigenvalue weighted by Crippen LogP contribution is -2.49. The number of nitrogens with zero attached hydrogens (tertiary/aromatic N) is 1. The molecule has 1 unspecified atom stereocenters. The van der Waals surface area contributed by atoms with Crippen molar-refractivity contribution in [2.75, 3.05) is 26.2 Å². The third-order valence-electron chi connectivity index (χ3n) is 3.29. The van der Waals surface area contributed by atoms with Crippen LogP contribution in [-0.2, 0) is 14.8 Å². The van der Waals surface area contributed by atoms with Crippen molar-refractivity contribution in [2.24, 2.45) is 0 Å². The summed E-state index contributed by atoms with van der Waals surface area (Å²) in [5.41, 5.74) is 0. The van der Waals surface area contributed by atoms with E-state index in [2.05, 4.69) is 5.32 Å². The average Bonchev–Trinajstić information content (AvgIpc) is 2.66. The third kappa shape index (κ3) is 1.99. The number of hydrogen-bond acceptors (Lipinski definition) is 4. The molecule has 0 aromatic carbocycles. The lowest BCUT2D eigenvalue weighted by atomic mass is 10.2. The van der Waals surface area contributed by atoms with Crippen LogP contribution in [0, 0.1) is 0 Å². The van der Waals surface area contributed by atoms with Gasteiger partial charge in [-0.1, -0.05) is 0 Å². The van der Waals surface area contributed by atoms with Crippen molar-refractivity contribution in [2.45, 2.75) is 37.7 Å². The molecule has 5 nitrogen and oxygen atoms in total. The molecule has 0 spiro atoms. The van der Waals surface area contributed by atoms with Crippen LogP contribution in [0.4, 0.5) is 0 Å². The number of rotatable bonds is 1. The second-order valence-electron chi connectivity index (χ2n) is 5.02. The predicted molar refractivity (Wildman–Crippen MR) is 61.5 cm³/mol. The molecule has 16 heavy (non-hydrogen) atoms. The maximum atomic E-state index is 12.4. The van der Waals surface area contributed by atoms with Gasteiger partial charge in [-0.3, -0.25) is 0 Å². The maximum absolute atomic E-state index is 12.4. The Morgan fingerprint density at radius 1 is 1.44 bits per heavy atom. The standard InChI is InChI=1S/C10H20N2O3S/c1-10(2)8-11-5-6-12(16(10,13)14)9-4-3-7-15-9/h9,11H,3-8H2,1-2H3. The molecule has 2 fully saturated rings. The van der Waals surface area contributed by atoms with E-state index in [4.69, 9.17) is 4.74 Å². The van der Waals surface area contributed by atoms with Gasteiger partial charge in [-0.15, -0.1) is 0 Å². The van der Waals surface area contributed by atoms with Crippen LogP contribution in [0.25, 0.3) is 0 Å². The molecule has 2 saturated heterocycles. The Morgan fingerprint density at radius 2 is 2.19 bits per heavy atom. The van der Waals surface area contributed by atoms with Crippen LogP contribution in [0.15, 0.2) is 0 Å². The molecule has 0 aromatic rings. The molecule has 2 heterocycles. The number of ether oxygens (including phenoxy) is 1. The average molecular weight is 248 g/mol. The Morgan fingerprint density at radius 3 is 2.81 bits per heavy atom. The van der Waals surface area contributed by atoms with Crippen molar-refractivity contribution >= 4 is 10.0 Å². The number of nitrogens with one attached hydrogen (secondary N) is 1. The van der Waals surface area contributed by atoms with E-state index in [0.717, 1.165) is 12.8 Å². The van der Waals surface area contributed by atoms with Gasteiger partial charge in [0.15, 0.2) is 0 Å². The van der Waals surface area contributed by atoms with Crippen molar-refractivity contribution < 1.29 is 13.2 Å². The molecule has 0 aliphatic carbocycles. The lowest BCUT2D eigenvalue weighted by Gasteiger charge is -2.32. The first kappa shape index (κ1) is 12.3. The molecule has 2 aliphatic heterocycles. The first-order valence-electron chi connectivity index (χ1n) is 5.79. The molecule has 0 amide bonds. The molecular weight excluding hydrogens is 228 g/mol. The lowest BCUT2D eigenvalue weighted by molar-refractivity contribution is 0.0288. The van der Waals surface area contributed by atoms with Crippen LogP contribution in [0.2, 0.25) is 0 Å². The van der Waals surface area contributed by atoms with Crippen molar-refractivity contribution in [1.29, 1.82) is 0 Å². The van der Waals surface area contributed by atoms with Gasteiger partial charge >= 0.3 is 0 Å². The third-order valence-corrected chi connectivity index (χ3v) is 5.87. The molecule has 0 aromatic heterocycles. The fourth-order valence-corrected chi connectivity index (χ4v) is 3.92. The van der Waals surface area contributed by atoms with E-state index in [1.165, 1.54) is 0 Å². The van der Waals surface area contributed by atoms with Gasteiger partial charge in [0.2, 0.25) is 10.0 Å². The number of sulfonamides is 1. The minimum Gasteiger partial charge on any atom is -0.362 e. The van der Waals surface area contributed by atoms with Crippen molar-refractivity contribution in [3.63, 3.8) is 0 Å². The summed E-state index contributed by atoms with van der Waals surface area (Å²) in [7, 11) is -3.28. The Kier molecular flexibility index (Phi) is 3.27. The van der Waals surface area contributed by atoms with E-state index in [-0.39, 0.29) is 6.23 Å². The highest BCUT2D eigenvalue weighted by Crippen LogP contribution is 2.28. The first-order valence-corrected chi connectivity index (χ1v) is 7.23. The summed E-state index contributed by atoms with van der Waals surface area (Å²) >= 11 is 0. The zero-order valence-electron chi connectivity index (χ0n) is 9.90. The SMILES string of the molecule is CC1(C)CNCCN(C2CCCO2)S1(=O)=O. The van der Waals surface area contributed by atoms with E-state index in [9.17, 15) is 8.42 Å². The minimum absolute atomic E-state index is 0.246. The second-order valence-corrected chi connectivity index (χ2v) is 7.54. The van der Waals surface area contributed by atoms with Gasteiger partial charge in [0.1, 0.15) is 6.23 Å².